The van der Waals surface area contributed by atoms with Crippen LogP contribution in [-0.4, -0.2) is 29.9 Å². The van der Waals surface area contributed by atoms with Gasteiger partial charge in [0.05, 0.1) is 22.6 Å². The maximum absolute atomic E-state index is 12.6. The van der Waals surface area contributed by atoms with Crippen molar-refractivity contribution >= 4 is 23.6 Å². The van der Waals surface area contributed by atoms with Crippen molar-refractivity contribution in [2.24, 2.45) is 4.99 Å². The topological polar surface area (TPSA) is 35.8 Å². The molecule has 0 spiro atoms. The van der Waals surface area contributed by atoms with E-state index in [1.165, 1.54) is 6.34 Å². The number of phenolic OH excluding ortho intramolecular Hbond substituents is 1. The molecule has 0 amide bonds. The molecule has 0 aromatic heterocycles. The fraction of sp³-hybridized carbons (Fsp3) is 0.250. The van der Waals surface area contributed by atoms with Crippen LogP contribution in [0.15, 0.2) is 29.8 Å². The normalized spacial score (nSPS) is 11.2. The highest BCUT2D eigenvalue weighted by Crippen LogP contribution is 2.36. The minimum absolute atomic E-state index is 0.111. The van der Waals surface area contributed by atoms with E-state index in [1.54, 1.807) is 18.0 Å². The van der Waals surface area contributed by atoms with Crippen LogP contribution in [0.1, 0.15) is 12.0 Å². The first kappa shape index (κ1) is 14.4. The summed E-state index contributed by atoms with van der Waals surface area (Å²) in [7, 11) is 1.76. The number of aliphatic imine (C=N–C) groups is 1. The zero-order valence-electron chi connectivity index (χ0n) is 9.78. The zero-order valence-corrected chi connectivity index (χ0v) is 10.5. The molecule has 18 heavy (non-hydrogen) atoms. The first-order valence-corrected chi connectivity index (χ1v) is 5.49. The van der Waals surface area contributed by atoms with E-state index in [9.17, 15) is 13.9 Å². The lowest BCUT2D eigenvalue weighted by Gasteiger charge is -2.10. The second-order valence-corrected chi connectivity index (χ2v) is 4.04. The van der Waals surface area contributed by atoms with Crippen LogP contribution < -0.4 is 0 Å². The van der Waals surface area contributed by atoms with Crippen molar-refractivity contribution in [1.29, 1.82) is 0 Å². The molecule has 1 N–H and O–H groups in total. The number of aromatic hydroxyl groups is 1. The molecular formula is C12H13ClF2N2O. The summed E-state index contributed by atoms with van der Waals surface area (Å²) in [6.07, 6.45) is 0.353. The maximum atomic E-state index is 12.6. The third-order valence-corrected chi connectivity index (χ3v) is 2.44. The van der Waals surface area contributed by atoms with Crippen molar-refractivity contribution in [2.45, 2.75) is 6.43 Å². The van der Waals surface area contributed by atoms with Gasteiger partial charge in [-0.15, -0.1) is 6.58 Å². The lowest BCUT2D eigenvalue weighted by molar-refractivity contribution is 0.147. The molecule has 0 saturated heterocycles. The van der Waals surface area contributed by atoms with E-state index in [4.69, 9.17) is 11.6 Å². The van der Waals surface area contributed by atoms with Gasteiger partial charge < -0.3 is 10.0 Å². The highest BCUT2D eigenvalue weighted by Gasteiger charge is 2.15. The predicted molar refractivity (Wildman–Crippen MR) is 69.1 cm³/mol. The number of hydrogen-bond donors (Lipinski definition) is 1. The summed E-state index contributed by atoms with van der Waals surface area (Å²) in [5.74, 6) is -0.534. The van der Waals surface area contributed by atoms with Crippen LogP contribution >= 0.6 is 11.6 Å². The Morgan fingerprint density at radius 1 is 1.56 bits per heavy atom. The highest BCUT2D eigenvalue weighted by atomic mass is 35.5. The van der Waals surface area contributed by atoms with Gasteiger partial charge in [0.25, 0.3) is 6.43 Å². The fourth-order valence-corrected chi connectivity index (χ4v) is 1.46. The van der Waals surface area contributed by atoms with Crippen LogP contribution in [0.5, 0.6) is 5.75 Å². The molecule has 0 unspecified atom stereocenters. The van der Waals surface area contributed by atoms with E-state index in [1.807, 2.05) is 0 Å². The third kappa shape index (κ3) is 3.70. The number of benzene rings is 1. The van der Waals surface area contributed by atoms with Crippen molar-refractivity contribution in [3.05, 3.63) is 35.4 Å². The van der Waals surface area contributed by atoms with E-state index < -0.39 is 17.7 Å². The molecule has 0 aliphatic heterocycles. The molecule has 0 fully saturated rings. The van der Waals surface area contributed by atoms with E-state index in [0.29, 0.717) is 6.54 Å². The molecule has 1 aromatic rings. The number of hydrogen-bond acceptors (Lipinski definition) is 2. The minimum Gasteiger partial charge on any atom is -0.507 e. The van der Waals surface area contributed by atoms with Crippen molar-refractivity contribution in [3.8, 4) is 5.75 Å². The zero-order chi connectivity index (χ0) is 13.7. The van der Waals surface area contributed by atoms with Gasteiger partial charge >= 0.3 is 0 Å². The molecule has 0 atom stereocenters. The summed E-state index contributed by atoms with van der Waals surface area (Å²) >= 11 is 5.81. The number of alkyl halides is 2. The summed E-state index contributed by atoms with van der Waals surface area (Å²) in [6, 6.07) is 2.13. The van der Waals surface area contributed by atoms with Crippen LogP contribution in [0.3, 0.4) is 0 Å². The number of phenols is 1. The molecule has 1 rings (SSSR count). The summed E-state index contributed by atoms with van der Waals surface area (Å²) in [5.41, 5.74) is -0.307. The van der Waals surface area contributed by atoms with Gasteiger partial charge in [-0.05, 0) is 6.07 Å². The minimum atomic E-state index is -2.78. The molecule has 0 radical (unpaired) electrons. The summed E-state index contributed by atoms with van der Waals surface area (Å²) in [6.45, 7) is 4.13. The first-order valence-electron chi connectivity index (χ1n) is 5.11. The smallest absolute Gasteiger partial charge is 0.267 e. The van der Waals surface area contributed by atoms with E-state index in [2.05, 4.69) is 11.6 Å². The van der Waals surface area contributed by atoms with E-state index >= 15 is 0 Å². The average molecular weight is 275 g/mol. The summed E-state index contributed by atoms with van der Waals surface area (Å²) < 4.78 is 25.2. The summed E-state index contributed by atoms with van der Waals surface area (Å²) in [4.78, 5) is 5.69. The van der Waals surface area contributed by atoms with Crippen molar-refractivity contribution in [2.75, 3.05) is 13.6 Å². The monoisotopic (exact) mass is 274 g/mol. The number of rotatable bonds is 5. The van der Waals surface area contributed by atoms with Gasteiger partial charge in [-0.1, -0.05) is 17.7 Å². The van der Waals surface area contributed by atoms with E-state index in [0.717, 1.165) is 12.1 Å². The van der Waals surface area contributed by atoms with Gasteiger partial charge in [0, 0.05) is 19.7 Å². The standard InChI is InChI=1S/C12H13ClF2N2O/c1-3-4-17(2)7-16-10-5-8(12(14)15)11(18)6-9(10)13/h3,5-7,12,18H,1,4H2,2H3. The molecule has 0 saturated carbocycles. The fourth-order valence-electron chi connectivity index (χ4n) is 1.25. The SMILES string of the molecule is C=CCN(C)C=Nc1cc(C(F)F)c(O)cc1Cl. The van der Waals surface area contributed by atoms with Gasteiger partial charge in [0.2, 0.25) is 0 Å². The van der Waals surface area contributed by atoms with Gasteiger partial charge in [0.15, 0.2) is 0 Å². The first-order chi connectivity index (χ1) is 8.45. The van der Waals surface area contributed by atoms with Crippen molar-refractivity contribution in [1.82, 2.24) is 4.90 Å². The van der Waals surface area contributed by atoms with Crippen LogP contribution in [0.2, 0.25) is 5.02 Å². The Morgan fingerprint density at radius 3 is 2.78 bits per heavy atom. The Morgan fingerprint density at radius 2 is 2.22 bits per heavy atom. The quantitative estimate of drug-likeness (QED) is 0.504. The molecule has 0 bridgehead atoms. The largest absolute Gasteiger partial charge is 0.507 e. The molecule has 3 nitrogen and oxygen atoms in total. The van der Waals surface area contributed by atoms with Gasteiger partial charge in [-0.25, -0.2) is 13.8 Å². The van der Waals surface area contributed by atoms with Crippen LogP contribution in [0.4, 0.5) is 14.5 Å². The number of likely N-dealkylation sites (N-methyl/N-ethyl adjacent to an activating group) is 1. The molecule has 0 heterocycles. The van der Waals surface area contributed by atoms with Gasteiger partial charge in [0.1, 0.15) is 5.75 Å². The number of nitrogens with zero attached hydrogens (tertiary/aromatic N) is 2. The highest BCUT2D eigenvalue weighted by molar-refractivity contribution is 6.33. The molecular weight excluding hydrogens is 262 g/mol. The Bertz CT molecular complexity index is 464. The van der Waals surface area contributed by atoms with Gasteiger partial charge in [-0.2, -0.15) is 0 Å². The van der Waals surface area contributed by atoms with Crippen LogP contribution in [0.25, 0.3) is 0 Å². The molecule has 0 aliphatic carbocycles. The third-order valence-electron chi connectivity index (χ3n) is 2.14. The Hall–Kier alpha value is -1.62. The second kappa shape index (κ2) is 6.35. The lowest BCUT2D eigenvalue weighted by Crippen LogP contribution is -2.15. The predicted octanol–water partition coefficient (Wildman–Crippen LogP) is 3.76. The van der Waals surface area contributed by atoms with Crippen LogP contribution in [-0.2, 0) is 0 Å². The van der Waals surface area contributed by atoms with Crippen molar-refractivity contribution in [3.63, 3.8) is 0 Å². The molecule has 98 valence electrons. The number of halogens is 3. The second-order valence-electron chi connectivity index (χ2n) is 3.64. The Kier molecular flexibility index (Phi) is 5.09. The van der Waals surface area contributed by atoms with E-state index in [-0.39, 0.29) is 10.7 Å². The molecule has 6 heteroatoms. The lowest BCUT2D eigenvalue weighted by atomic mass is 10.2. The van der Waals surface area contributed by atoms with Crippen LogP contribution in [0, 0.1) is 0 Å². The van der Waals surface area contributed by atoms with Gasteiger partial charge in [-0.3, -0.25) is 0 Å². The van der Waals surface area contributed by atoms with Crippen molar-refractivity contribution < 1.29 is 13.9 Å². The Labute approximate surface area is 109 Å². The average Bonchev–Trinajstić information content (AvgIpc) is 2.27. The maximum Gasteiger partial charge on any atom is 0.267 e. The summed E-state index contributed by atoms with van der Waals surface area (Å²) in [5, 5.41) is 9.42. The Balaban J connectivity index is 3.02. The molecule has 1 aromatic carbocycles. The molecule has 0 aliphatic rings.